The number of amides is 3. The molecule has 3 amide bonds. The van der Waals surface area contributed by atoms with Crippen LogP contribution in [0.4, 0.5) is 11.4 Å². The first-order chi connectivity index (χ1) is 20.3. The van der Waals surface area contributed by atoms with E-state index in [1.54, 1.807) is 24.3 Å². The number of primary amides is 1. The predicted molar refractivity (Wildman–Crippen MR) is 167 cm³/mol. The monoisotopic (exact) mass is 601 g/mol. The molecule has 4 aromatic rings. The van der Waals surface area contributed by atoms with E-state index in [0.29, 0.717) is 22.2 Å². The van der Waals surface area contributed by atoms with Gasteiger partial charge in [-0.05, 0) is 71.2 Å². The molecular weight excluding hydrogens is 570 g/mol. The quantitative estimate of drug-likeness (QED) is 0.209. The number of nitrogens with zero attached hydrogens (tertiary/aromatic N) is 2. The van der Waals surface area contributed by atoms with Gasteiger partial charge in [0.15, 0.2) is 5.69 Å². The van der Waals surface area contributed by atoms with Crippen LogP contribution in [-0.4, -0.2) is 22.1 Å². The van der Waals surface area contributed by atoms with Crippen molar-refractivity contribution in [3.05, 3.63) is 111 Å². The molecule has 8 nitrogen and oxygen atoms in total. The zero-order valence-corrected chi connectivity index (χ0v) is 24.5. The van der Waals surface area contributed by atoms with Crippen LogP contribution in [0.5, 0.6) is 0 Å². The minimum absolute atomic E-state index is 0.0231. The summed E-state index contributed by atoms with van der Waals surface area (Å²) in [5.74, 6) is -1.34. The fraction of sp³-hybridized carbons (Fsp3) is 0.250. The molecule has 1 aliphatic carbocycles. The van der Waals surface area contributed by atoms with Gasteiger partial charge >= 0.3 is 0 Å². The molecule has 1 fully saturated rings. The molecule has 0 saturated heterocycles. The lowest BCUT2D eigenvalue weighted by atomic mass is 9.84. The smallest absolute Gasteiger partial charge is 0.273 e. The molecule has 3 aromatic carbocycles. The fourth-order valence-electron chi connectivity index (χ4n) is 5.41. The second kappa shape index (κ2) is 13.2. The highest BCUT2D eigenvalue weighted by atomic mass is 35.5. The normalized spacial score (nSPS) is 14.2. The topological polar surface area (TPSA) is 131 Å². The Kier molecular flexibility index (Phi) is 9.19. The molecule has 1 aliphatic rings. The summed E-state index contributed by atoms with van der Waals surface area (Å²) in [6.07, 6.45) is 5.91. The summed E-state index contributed by atoms with van der Waals surface area (Å²) in [6, 6.07) is 23.0. The third kappa shape index (κ3) is 6.48. The molecule has 1 aromatic heterocycles. The highest BCUT2D eigenvalue weighted by molar-refractivity contribution is 7.09. The average Bonchev–Trinajstić information content (AvgIpc) is 3.41. The van der Waals surface area contributed by atoms with E-state index in [2.05, 4.69) is 9.69 Å². The van der Waals surface area contributed by atoms with Crippen LogP contribution in [0.15, 0.2) is 78.9 Å². The molecule has 42 heavy (non-hydrogen) atoms. The number of rotatable bonds is 9. The van der Waals surface area contributed by atoms with E-state index in [1.165, 1.54) is 29.7 Å². The maximum absolute atomic E-state index is 14.3. The molecule has 5 N–H and O–H groups in total. The van der Waals surface area contributed by atoms with E-state index < -0.39 is 23.8 Å². The Hall–Kier alpha value is -4.21. The predicted octanol–water partition coefficient (Wildman–Crippen LogP) is 6.23. The lowest BCUT2D eigenvalue weighted by molar-refractivity contribution is -0.122. The van der Waals surface area contributed by atoms with E-state index >= 15 is 0 Å². The zero-order chi connectivity index (χ0) is 29.6. The van der Waals surface area contributed by atoms with Crippen molar-refractivity contribution in [2.75, 3.05) is 10.6 Å². The summed E-state index contributed by atoms with van der Waals surface area (Å²) in [5.41, 5.74) is 14.5. The number of carbonyl (C=O) groups is 3. The van der Waals surface area contributed by atoms with Gasteiger partial charge in [0.25, 0.3) is 11.8 Å². The molecule has 5 rings (SSSR count). The van der Waals surface area contributed by atoms with Crippen LogP contribution in [0, 0.1) is 0 Å². The van der Waals surface area contributed by atoms with Crippen LogP contribution < -0.4 is 21.7 Å². The van der Waals surface area contributed by atoms with Crippen LogP contribution in [0.2, 0.25) is 5.02 Å². The average molecular weight is 602 g/mol. The van der Waals surface area contributed by atoms with Gasteiger partial charge in [0.2, 0.25) is 5.91 Å². The SMILES string of the molecule is NC(=O)c1nsc(C(=O)N(c2ccc(C3CCCCC3)cc2)[C@@H](C(=O)NCc2ccccc2)c2ccc(Cl)cc2)c1N. The van der Waals surface area contributed by atoms with Gasteiger partial charge in [-0.15, -0.1) is 0 Å². The minimum Gasteiger partial charge on any atom is -0.395 e. The third-order valence-corrected chi connectivity index (χ3v) is 8.73. The summed E-state index contributed by atoms with van der Waals surface area (Å²) < 4.78 is 4.03. The lowest BCUT2D eigenvalue weighted by Crippen LogP contribution is -2.44. The molecule has 1 saturated carbocycles. The minimum atomic E-state index is -1.09. The molecular formula is C32H32ClN5O3S. The standard InChI is InChI=1S/C32H32ClN5O3S/c33-24-15-11-23(12-16-24)28(31(40)36-19-20-7-3-1-4-8-20)38(32(41)29-26(34)27(30(35)39)37-42-29)25-17-13-22(14-18-25)21-9-5-2-6-10-21/h1,3-4,7-8,11-18,21,28H,2,5-6,9-10,19,34H2,(H2,35,39)(H,36,40)/t28-/m1/s1. The van der Waals surface area contributed by atoms with E-state index in [-0.39, 0.29) is 22.8 Å². The summed E-state index contributed by atoms with van der Waals surface area (Å²) >= 11 is 6.97. The Morgan fingerprint density at radius 3 is 2.24 bits per heavy atom. The van der Waals surface area contributed by atoms with Crippen molar-refractivity contribution in [2.24, 2.45) is 5.73 Å². The van der Waals surface area contributed by atoms with E-state index in [0.717, 1.165) is 29.9 Å². The van der Waals surface area contributed by atoms with Crippen molar-refractivity contribution < 1.29 is 14.4 Å². The number of nitrogens with two attached hydrogens (primary N) is 2. The van der Waals surface area contributed by atoms with Crippen molar-refractivity contribution >= 4 is 52.2 Å². The Bertz CT molecular complexity index is 1550. The van der Waals surface area contributed by atoms with Gasteiger partial charge in [0, 0.05) is 17.3 Å². The van der Waals surface area contributed by atoms with Crippen LogP contribution >= 0.6 is 23.1 Å². The van der Waals surface area contributed by atoms with Gasteiger partial charge < -0.3 is 16.8 Å². The van der Waals surface area contributed by atoms with E-state index in [4.69, 9.17) is 23.1 Å². The first kappa shape index (κ1) is 29.3. The number of hydrogen-bond donors (Lipinski definition) is 3. The van der Waals surface area contributed by atoms with Gasteiger partial charge in [-0.25, -0.2) is 0 Å². The largest absolute Gasteiger partial charge is 0.395 e. The third-order valence-electron chi connectivity index (χ3n) is 7.62. The highest BCUT2D eigenvalue weighted by Crippen LogP contribution is 2.37. The number of carbonyl (C=O) groups excluding carboxylic acids is 3. The molecule has 0 radical (unpaired) electrons. The Balaban J connectivity index is 1.58. The van der Waals surface area contributed by atoms with Crippen molar-refractivity contribution in [3.8, 4) is 0 Å². The molecule has 1 atom stereocenters. The summed E-state index contributed by atoms with van der Waals surface area (Å²) in [6.45, 7) is 0.265. The Morgan fingerprint density at radius 1 is 0.952 bits per heavy atom. The molecule has 10 heteroatoms. The van der Waals surface area contributed by atoms with Crippen LogP contribution in [-0.2, 0) is 11.3 Å². The maximum Gasteiger partial charge on any atom is 0.273 e. The fourth-order valence-corrected chi connectivity index (χ4v) is 6.28. The lowest BCUT2D eigenvalue weighted by Gasteiger charge is -2.32. The first-order valence-electron chi connectivity index (χ1n) is 13.9. The van der Waals surface area contributed by atoms with Crippen LogP contribution in [0.3, 0.4) is 0 Å². The summed E-state index contributed by atoms with van der Waals surface area (Å²) in [5, 5.41) is 3.48. The molecule has 216 valence electrons. The second-order valence-electron chi connectivity index (χ2n) is 10.4. The number of aromatic nitrogens is 1. The van der Waals surface area contributed by atoms with Gasteiger partial charge in [-0.3, -0.25) is 19.3 Å². The number of halogens is 1. The molecule has 0 bridgehead atoms. The van der Waals surface area contributed by atoms with Crippen molar-refractivity contribution in [1.82, 2.24) is 9.69 Å². The van der Waals surface area contributed by atoms with Gasteiger partial charge in [0.05, 0.1) is 5.69 Å². The summed E-state index contributed by atoms with van der Waals surface area (Å²) in [7, 11) is 0. The highest BCUT2D eigenvalue weighted by Gasteiger charge is 2.36. The number of anilines is 2. The second-order valence-corrected chi connectivity index (χ2v) is 11.6. The first-order valence-corrected chi connectivity index (χ1v) is 15.0. The molecule has 0 unspecified atom stereocenters. The van der Waals surface area contributed by atoms with Gasteiger partial charge in [-0.1, -0.05) is 85.5 Å². The number of hydrogen-bond acceptors (Lipinski definition) is 6. The Labute approximate surface area is 253 Å². The Morgan fingerprint density at radius 2 is 1.62 bits per heavy atom. The van der Waals surface area contributed by atoms with Gasteiger partial charge in [0.1, 0.15) is 10.9 Å². The van der Waals surface area contributed by atoms with Crippen LogP contribution in [0.1, 0.15) is 80.9 Å². The van der Waals surface area contributed by atoms with Crippen molar-refractivity contribution in [3.63, 3.8) is 0 Å². The van der Waals surface area contributed by atoms with E-state index in [1.807, 2.05) is 54.6 Å². The number of nitrogens with one attached hydrogen (secondary N) is 1. The zero-order valence-electron chi connectivity index (χ0n) is 23.0. The summed E-state index contributed by atoms with van der Waals surface area (Å²) in [4.78, 5) is 41.6. The molecule has 0 spiro atoms. The van der Waals surface area contributed by atoms with Gasteiger partial charge in [-0.2, -0.15) is 4.37 Å². The van der Waals surface area contributed by atoms with Crippen molar-refractivity contribution in [1.29, 1.82) is 0 Å². The number of benzene rings is 3. The van der Waals surface area contributed by atoms with E-state index in [9.17, 15) is 14.4 Å². The molecule has 1 heterocycles. The molecule has 0 aliphatic heterocycles. The number of nitrogen functional groups attached to an aromatic ring is 1. The van der Waals surface area contributed by atoms with Crippen LogP contribution in [0.25, 0.3) is 0 Å². The van der Waals surface area contributed by atoms with Crippen molar-refractivity contribution in [2.45, 2.75) is 50.6 Å². The maximum atomic E-state index is 14.3.